The summed E-state index contributed by atoms with van der Waals surface area (Å²) in [4.78, 5) is 2.03. The molecule has 2 rings (SSSR count). The summed E-state index contributed by atoms with van der Waals surface area (Å²) in [6.45, 7) is 1.35. The number of halogens is 3. The summed E-state index contributed by atoms with van der Waals surface area (Å²) in [5.74, 6) is -0.247. The Labute approximate surface area is 107 Å². The number of benzene rings is 1. The maximum Gasteiger partial charge on any atom is 0.129 e. The Hall–Kier alpha value is -0.490. The molecule has 1 aliphatic heterocycles. The summed E-state index contributed by atoms with van der Waals surface area (Å²) in [6.07, 6.45) is 3.90. The smallest absolute Gasteiger partial charge is 0.129 e. The molecular weight excluding hydrogens is 329 g/mol. The van der Waals surface area contributed by atoms with E-state index in [1.165, 1.54) is 6.07 Å². The average molecular weight is 339 g/mol. The minimum Gasteiger partial charge on any atom is -0.353 e. The second-order valence-electron chi connectivity index (χ2n) is 3.32. The second-order valence-corrected chi connectivity index (χ2v) is 5.00. The van der Waals surface area contributed by atoms with Crippen LogP contribution in [0.2, 0.25) is 5.02 Å². The predicted molar refractivity (Wildman–Crippen MR) is 66.8 cm³/mol. The first kappa shape index (κ1) is 11.0. The lowest BCUT2D eigenvalue weighted by molar-refractivity contribution is 0.344. The number of hydrogen-bond donors (Lipinski definition) is 0. The number of hydrogen-bond acceptors (Lipinski definition) is 2. The maximum absolute atomic E-state index is 13.5. The Kier molecular flexibility index (Phi) is 3.35. The molecule has 1 heterocycles. The molecule has 1 aromatic rings. The van der Waals surface area contributed by atoms with Crippen LogP contribution in [-0.4, -0.2) is 14.7 Å². The number of nitrogens with zero attached hydrogens (tertiary/aromatic N) is 2. The fourth-order valence-corrected chi connectivity index (χ4v) is 2.10. The van der Waals surface area contributed by atoms with E-state index in [-0.39, 0.29) is 5.82 Å². The lowest BCUT2D eigenvalue weighted by Crippen LogP contribution is -2.19. The van der Waals surface area contributed by atoms with Crippen LogP contribution in [-0.2, 0) is 6.54 Å². The van der Waals surface area contributed by atoms with Crippen LogP contribution >= 0.6 is 34.5 Å². The fraction of sp³-hybridized carbons (Fsp3) is 0.200. The van der Waals surface area contributed by atoms with Gasteiger partial charge in [-0.05, 0) is 12.1 Å². The molecule has 0 amide bonds. The molecule has 0 aromatic heterocycles. The van der Waals surface area contributed by atoms with Crippen molar-refractivity contribution in [1.29, 1.82) is 0 Å². The molecular formula is C10H9ClFIN2. The molecule has 2 nitrogen and oxygen atoms in total. The van der Waals surface area contributed by atoms with E-state index >= 15 is 0 Å². The largest absolute Gasteiger partial charge is 0.353 e. The van der Waals surface area contributed by atoms with Crippen LogP contribution < -0.4 is 0 Å². The van der Waals surface area contributed by atoms with E-state index in [9.17, 15) is 4.39 Å². The Bertz CT molecular complexity index is 397. The minimum absolute atomic E-state index is 0.247. The van der Waals surface area contributed by atoms with Crippen molar-refractivity contribution < 1.29 is 4.39 Å². The van der Waals surface area contributed by atoms with E-state index < -0.39 is 0 Å². The molecule has 0 unspecified atom stereocenters. The quantitative estimate of drug-likeness (QED) is 0.602. The third-order valence-corrected chi connectivity index (χ3v) is 3.01. The van der Waals surface area contributed by atoms with E-state index in [4.69, 9.17) is 11.6 Å². The molecule has 0 saturated carbocycles. The Morgan fingerprint density at radius 2 is 2.20 bits per heavy atom. The van der Waals surface area contributed by atoms with Gasteiger partial charge in [0.05, 0.1) is 29.5 Å². The highest BCUT2D eigenvalue weighted by Crippen LogP contribution is 2.19. The summed E-state index contributed by atoms with van der Waals surface area (Å²) >= 11 is 7.87. The first-order valence-corrected chi connectivity index (χ1v) is 5.78. The van der Waals surface area contributed by atoms with Crippen molar-refractivity contribution in [1.82, 2.24) is 8.01 Å². The summed E-state index contributed by atoms with van der Waals surface area (Å²) in [5, 5.41) is 0.434. The Morgan fingerprint density at radius 3 is 2.80 bits per heavy atom. The van der Waals surface area contributed by atoms with E-state index in [0.29, 0.717) is 17.1 Å². The van der Waals surface area contributed by atoms with Gasteiger partial charge in [0.2, 0.25) is 0 Å². The van der Waals surface area contributed by atoms with Crippen molar-refractivity contribution >= 4 is 34.5 Å². The van der Waals surface area contributed by atoms with Crippen molar-refractivity contribution in [3.63, 3.8) is 0 Å². The molecule has 0 fully saturated rings. The normalized spacial score (nSPS) is 15.1. The first-order chi connectivity index (χ1) is 7.15. The number of rotatable bonds is 2. The standard InChI is InChI=1S/C10H9ClFIN2/c11-9-2-1-8(10(12)5-9)6-14-3-4-15(13)7-14/h1-5H,6-7H2. The SMILES string of the molecule is Fc1cc(Cl)ccc1CN1C=CN(I)C1. The van der Waals surface area contributed by atoms with Crippen molar-refractivity contribution in [3.8, 4) is 0 Å². The molecule has 1 aliphatic rings. The minimum atomic E-state index is -0.247. The highest BCUT2D eigenvalue weighted by Gasteiger charge is 2.12. The van der Waals surface area contributed by atoms with Gasteiger partial charge in [0.25, 0.3) is 0 Å². The van der Waals surface area contributed by atoms with Crippen LogP contribution in [0.15, 0.2) is 30.6 Å². The summed E-state index contributed by atoms with van der Waals surface area (Å²) in [6, 6.07) is 4.78. The molecule has 0 radical (unpaired) electrons. The molecule has 0 atom stereocenters. The lowest BCUT2D eigenvalue weighted by atomic mass is 10.2. The van der Waals surface area contributed by atoms with Gasteiger partial charge in [0.1, 0.15) is 5.82 Å². The zero-order valence-electron chi connectivity index (χ0n) is 7.83. The molecule has 0 N–H and O–H groups in total. The van der Waals surface area contributed by atoms with Gasteiger partial charge in [-0.3, -0.25) is 0 Å². The van der Waals surface area contributed by atoms with Gasteiger partial charge < -0.3 is 8.01 Å². The van der Waals surface area contributed by atoms with Gasteiger partial charge in [-0.25, -0.2) is 4.39 Å². The van der Waals surface area contributed by atoms with Crippen LogP contribution in [0.5, 0.6) is 0 Å². The molecule has 5 heteroatoms. The first-order valence-electron chi connectivity index (χ1n) is 4.44. The van der Waals surface area contributed by atoms with Crippen molar-refractivity contribution in [2.75, 3.05) is 6.67 Å². The second kappa shape index (κ2) is 4.57. The van der Waals surface area contributed by atoms with E-state index in [1.54, 1.807) is 12.1 Å². The van der Waals surface area contributed by atoms with E-state index in [0.717, 1.165) is 6.67 Å². The zero-order valence-corrected chi connectivity index (χ0v) is 10.7. The molecule has 0 bridgehead atoms. The molecule has 0 spiro atoms. The molecule has 80 valence electrons. The molecule has 1 aromatic carbocycles. The van der Waals surface area contributed by atoms with Crippen LogP contribution in [0.25, 0.3) is 0 Å². The van der Waals surface area contributed by atoms with Gasteiger partial charge in [0.15, 0.2) is 0 Å². The summed E-state index contributed by atoms with van der Waals surface area (Å²) in [7, 11) is 0. The van der Waals surface area contributed by atoms with Crippen molar-refractivity contribution in [2.24, 2.45) is 0 Å². The topological polar surface area (TPSA) is 6.48 Å². The molecule has 15 heavy (non-hydrogen) atoms. The average Bonchev–Trinajstić information content (AvgIpc) is 2.56. The Morgan fingerprint density at radius 1 is 1.40 bits per heavy atom. The van der Waals surface area contributed by atoms with Crippen LogP contribution in [0.4, 0.5) is 4.39 Å². The van der Waals surface area contributed by atoms with E-state index in [1.807, 2.05) is 20.4 Å². The highest BCUT2D eigenvalue weighted by atomic mass is 127. The Balaban J connectivity index is 2.08. The van der Waals surface area contributed by atoms with E-state index in [2.05, 4.69) is 22.9 Å². The van der Waals surface area contributed by atoms with Crippen molar-refractivity contribution in [3.05, 3.63) is 47.0 Å². The predicted octanol–water partition coefficient (Wildman–Crippen LogP) is 3.38. The van der Waals surface area contributed by atoms with Gasteiger partial charge in [-0.2, -0.15) is 0 Å². The van der Waals surface area contributed by atoms with Gasteiger partial charge in [-0.1, -0.05) is 17.7 Å². The third kappa shape index (κ3) is 2.75. The summed E-state index contributed by atoms with van der Waals surface area (Å²) < 4.78 is 15.5. The highest BCUT2D eigenvalue weighted by molar-refractivity contribution is 14.1. The maximum atomic E-state index is 13.5. The zero-order chi connectivity index (χ0) is 10.8. The van der Waals surface area contributed by atoms with Crippen LogP contribution in [0.1, 0.15) is 5.56 Å². The van der Waals surface area contributed by atoms with Crippen LogP contribution in [0, 0.1) is 5.82 Å². The molecule has 0 saturated heterocycles. The third-order valence-electron chi connectivity index (χ3n) is 2.14. The molecule has 0 aliphatic carbocycles. The fourth-order valence-electron chi connectivity index (χ4n) is 1.41. The van der Waals surface area contributed by atoms with Gasteiger partial charge >= 0.3 is 0 Å². The lowest BCUT2D eigenvalue weighted by Gasteiger charge is -2.17. The van der Waals surface area contributed by atoms with Gasteiger partial charge in [-0.15, -0.1) is 0 Å². The monoisotopic (exact) mass is 338 g/mol. The van der Waals surface area contributed by atoms with Crippen molar-refractivity contribution in [2.45, 2.75) is 6.54 Å². The van der Waals surface area contributed by atoms with Crippen LogP contribution in [0.3, 0.4) is 0 Å². The summed E-state index contributed by atoms with van der Waals surface area (Å²) in [5.41, 5.74) is 0.663. The van der Waals surface area contributed by atoms with Gasteiger partial charge in [0, 0.05) is 29.5 Å².